The quantitative estimate of drug-likeness (QED) is 0.716. The Morgan fingerprint density at radius 3 is 2.73 bits per heavy atom. The van der Waals surface area contributed by atoms with Crippen molar-refractivity contribution in [2.45, 2.75) is 43.6 Å². The van der Waals surface area contributed by atoms with Crippen molar-refractivity contribution in [1.29, 1.82) is 0 Å². The van der Waals surface area contributed by atoms with Gasteiger partial charge in [-0.3, -0.25) is 9.36 Å². The number of aromatic nitrogens is 6. The van der Waals surface area contributed by atoms with E-state index in [0.717, 1.165) is 30.7 Å². The highest BCUT2D eigenvalue weighted by atomic mass is 16.5. The second-order valence-electron chi connectivity index (χ2n) is 7.21. The number of hydrogen-bond donors (Lipinski definition) is 0. The Morgan fingerprint density at radius 2 is 1.96 bits per heavy atom. The molecule has 8 nitrogen and oxygen atoms in total. The second kappa shape index (κ2) is 6.05. The van der Waals surface area contributed by atoms with Crippen LogP contribution in [0, 0.1) is 0 Å². The Hall–Kier alpha value is -2.48. The molecular weight excluding hydrogens is 332 g/mol. The minimum absolute atomic E-state index is 0.0430. The molecule has 1 aliphatic heterocycles. The average molecular weight is 354 g/mol. The largest absolute Gasteiger partial charge is 0.420 e. The zero-order valence-corrected chi connectivity index (χ0v) is 15.0. The van der Waals surface area contributed by atoms with Gasteiger partial charge in [0, 0.05) is 32.8 Å². The molecule has 5 rings (SSSR count). The molecule has 0 N–H and O–H groups in total. The maximum atomic E-state index is 6.12. The number of hydrogen-bond acceptors (Lipinski definition) is 6. The van der Waals surface area contributed by atoms with E-state index in [4.69, 9.17) is 9.15 Å². The molecule has 0 aromatic carbocycles. The molecule has 0 spiro atoms. The Balaban J connectivity index is 1.48. The van der Waals surface area contributed by atoms with Crippen LogP contribution < -0.4 is 0 Å². The molecule has 2 atom stereocenters. The van der Waals surface area contributed by atoms with Gasteiger partial charge in [-0.2, -0.15) is 10.2 Å². The molecule has 4 heterocycles. The van der Waals surface area contributed by atoms with Gasteiger partial charge < -0.3 is 9.15 Å². The summed E-state index contributed by atoms with van der Waals surface area (Å²) < 4.78 is 16.0. The lowest BCUT2D eigenvalue weighted by molar-refractivity contribution is -0.0135. The molecule has 3 aromatic rings. The summed E-state index contributed by atoms with van der Waals surface area (Å²) in [5.74, 6) is 1.80. The minimum Gasteiger partial charge on any atom is -0.420 e. The van der Waals surface area contributed by atoms with Crippen LogP contribution in [0.5, 0.6) is 0 Å². The van der Waals surface area contributed by atoms with E-state index in [1.54, 1.807) is 6.20 Å². The van der Waals surface area contributed by atoms with Crippen LogP contribution in [0.3, 0.4) is 0 Å². The fourth-order valence-electron chi connectivity index (χ4n) is 3.93. The van der Waals surface area contributed by atoms with E-state index < -0.39 is 0 Å². The number of aryl methyl sites for hydroxylation is 2. The van der Waals surface area contributed by atoms with E-state index in [9.17, 15) is 0 Å². The van der Waals surface area contributed by atoms with Crippen molar-refractivity contribution in [3.63, 3.8) is 0 Å². The van der Waals surface area contributed by atoms with Gasteiger partial charge in [0.15, 0.2) is 0 Å². The summed E-state index contributed by atoms with van der Waals surface area (Å²) in [7, 11) is 3.91. The van der Waals surface area contributed by atoms with Crippen molar-refractivity contribution < 1.29 is 9.15 Å². The third kappa shape index (κ3) is 2.56. The highest BCUT2D eigenvalue weighted by Crippen LogP contribution is 2.45. The van der Waals surface area contributed by atoms with Crippen LogP contribution in [0.1, 0.15) is 60.9 Å². The van der Waals surface area contributed by atoms with Gasteiger partial charge in [-0.1, -0.05) is 0 Å². The first-order valence-electron chi connectivity index (χ1n) is 9.17. The molecule has 1 saturated heterocycles. The Bertz CT molecular complexity index is 922. The van der Waals surface area contributed by atoms with Crippen LogP contribution in [0.25, 0.3) is 11.5 Å². The first-order chi connectivity index (χ1) is 12.7. The van der Waals surface area contributed by atoms with Crippen molar-refractivity contribution in [2.24, 2.45) is 14.1 Å². The van der Waals surface area contributed by atoms with Gasteiger partial charge >= 0.3 is 0 Å². The molecule has 2 fully saturated rings. The summed E-state index contributed by atoms with van der Waals surface area (Å²) in [5.41, 5.74) is 3.19. The molecule has 136 valence electrons. The molecule has 0 unspecified atom stereocenters. The Morgan fingerprint density at radius 1 is 1.08 bits per heavy atom. The predicted octanol–water partition coefficient (Wildman–Crippen LogP) is 2.72. The molecule has 8 heteroatoms. The van der Waals surface area contributed by atoms with E-state index in [0.29, 0.717) is 17.7 Å². The maximum absolute atomic E-state index is 6.12. The van der Waals surface area contributed by atoms with Crippen molar-refractivity contribution in [3.8, 4) is 11.5 Å². The average Bonchev–Trinajstić information content (AvgIpc) is 3.05. The summed E-state index contributed by atoms with van der Waals surface area (Å²) >= 11 is 0. The van der Waals surface area contributed by atoms with Gasteiger partial charge in [0.05, 0.1) is 29.1 Å². The summed E-state index contributed by atoms with van der Waals surface area (Å²) in [4.78, 5) is 0. The van der Waals surface area contributed by atoms with Crippen LogP contribution in [-0.4, -0.2) is 36.4 Å². The van der Waals surface area contributed by atoms with Crippen molar-refractivity contribution >= 4 is 0 Å². The lowest BCUT2D eigenvalue weighted by atomic mass is 9.92. The van der Waals surface area contributed by atoms with Gasteiger partial charge in [-0.05, 0) is 31.7 Å². The fraction of sp³-hybridized carbons (Fsp3) is 0.556. The molecular formula is C18H22N6O2. The van der Waals surface area contributed by atoms with Crippen molar-refractivity contribution in [2.75, 3.05) is 6.61 Å². The lowest BCUT2D eigenvalue weighted by Gasteiger charge is -2.29. The number of nitrogens with zero attached hydrogens (tertiary/aromatic N) is 6. The number of rotatable bonds is 4. The Labute approximate surface area is 151 Å². The van der Waals surface area contributed by atoms with Crippen LogP contribution in [-0.2, 0) is 18.8 Å². The Kier molecular flexibility index (Phi) is 3.66. The number of ether oxygens (including phenoxy) is 1. The standard InChI is InChI=1S/C18H22N6O2/c1-23-14(7-8-19-23)16-12(4-3-9-25-16)17-21-22-18(26-17)13-10-20-24(2)15(13)11-5-6-11/h7-8,10-12,16H,3-6,9H2,1-2H3/t12-,16-/m1/s1. The second-order valence-corrected chi connectivity index (χ2v) is 7.21. The van der Waals surface area contributed by atoms with E-state index in [1.807, 2.05) is 35.7 Å². The van der Waals surface area contributed by atoms with Gasteiger partial charge in [0.25, 0.3) is 5.89 Å². The van der Waals surface area contributed by atoms with Crippen LogP contribution in [0.4, 0.5) is 0 Å². The smallest absolute Gasteiger partial charge is 0.251 e. The SMILES string of the molecule is Cn1nccc1[C@@H]1OCCC[C@H]1c1nnc(-c2cnn(C)c2C2CC2)o1. The summed E-state index contributed by atoms with van der Waals surface area (Å²) in [6.07, 6.45) is 7.86. The highest BCUT2D eigenvalue weighted by molar-refractivity contribution is 5.57. The molecule has 26 heavy (non-hydrogen) atoms. The molecule has 2 aliphatic rings. The third-order valence-electron chi connectivity index (χ3n) is 5.41. The topological polar surface area (TPSA) is 83.8 Å². The van der Waals surface area contributed by atoms with E-state index in [-0.39, 0.29) is 12.0 Å². The molecule has 1 saturated carbocycles. The van der Waals surface area contributed by atoms with E-state index in [2.05, 4.69) is 20.4 Å². The van der Waals surface area contributed by atoms with Crippen LogP contribution in [0.15, 0.2) is 22.9 Å². The van der Waals surface area contributed by atoms with Gasteiger partial charge in [-0.15, -0.1) is 10.2 Å². The van der Waals surface area contributed by atoms with Crippen LogP contribution >= 0.6 is 0 Å². The third-order valence-corrected chi connectivity index (χ3v) is 5.41. The van der Waals surface area contributed by atoms with E-state index >= 15 is 0 Å². The summed E-state index contributed by atoms with van der Waals surface area (Å²) in [5, 5.41) is 17.4. The van der Waals surface area contributed by atoms with E-state index in [1.165, 1.54) is 18.5 Å². The molecule has 0 amide bonds. The van der Waals surface area contributed by atoms with Crippen LogP contribution in [0.2, 0.25) is 0 Å². The van der Waals surface area contributed by atoms with Crippen molar-refractivity contribution in [1.82, 2.24) is 29.8 Å². The minimum atomic E-state index is -0.110. The van der Waals surface area contributed by atoms with Gasteiger partial charge in [0.2, 0.25) is 5.89 Å². The molecule has 0 bridgehead atoms. The lowest BCUT2D eigenvalue weighted by Crippen LogP contribution is -2.23. The zero-order chi connectivity index (χ0) is 17.7. The van der Waals surface area contributed by atoms with Crippen molar-refractivity contribution in [3.05, 3.63) is 35.7 Å². The predicted molar refractivity (Wildman–Crippen MR) is 92.4 cm³/mol. The maximum Gasteiger partial charge on any atom is 0.251 e. The summed E-state index contributed by atoms with van der Waals surface area (Å²) in [6.45, 7) is 0.738. The zero-order valence-electron chi connectivity index (χ0n) is 15.0. The van der Waals surface area contributed by atoms with Gasteiger partial charge in [-0.25, -0.2) is 0 Å². The van der Waals surface area contributed by atoms with Gasteiger partial charge in [0.1, 0.15) is 6.10 Å². The molecule has 0 radical (unpaired) electrons. The summed E-state index contributed by atoms with van der Waals surface area (Å²) in [6, 6.07) is 1.99. The fourth-order valence-corrected chi connectivity index (χ4v) is 3.93. The monoisotopic (exact) mass is 354 g/mol. The first-order valence-corrected chi connectivity index (χ1v) is 9.17. The normalized spacial score (nSPS) is 23.5. The highest BCUT2D eigenvalue weighted by Gasteiger charge is 2.36. The molecule has 3 aromatic heterocycles. The molecule has 1 aliphatic carbocycles. The first kappa shape index (κ1) is 15.7.